The van der Waals surface area contributed by atoms with Crippen LogP contribution in [0, 0.1) is 0 Å². The molecule has 2 aromatic rings. The maximum atomic E-state index is 12.6. The van der Waals surface area contributed by atoms with E-state index in [0.717, 1.165) is 0 Å². The first-order chi connectivity index (χ1) is 13.4. The number of nitrogens with one attached hydrogen (secondary N) is 4. The summed E-state index contributed by atoms with van der Waals surface area (Å²) in [4.78, 5) is 46.7. The van der Waals surface area contributed by atoms with Crippen LogP contribution < -0.4 is 27.0 Å². The molecule has 0 atom stereocenters. The lowest BCUT2D eigenvalue weighted by atomic mass is 10.0. The van der Waals surface area contributed by atoms with Gasteiger partial charge in [0.2, 0.25) is 11.8 Å². The molecule has 1 aliphatic heterocycles. The van der Waals surface area contributed by atoms with E-state index < -0.39 is 11.9 Å². The molecule has 3 rings (SSSR count). The Morgan fingerprint density at radius 1 is 1.04 bits per heavy atom. The molecule has 0 unspecified atom stereocenters. The molecule has 0 aromatic heterocycles. The summed E-state index contributed by atoms with van der Waals surface area (Å²) in [6.07, 6.45) is 0.203. The lowest BCUT2D eigenvalue weighted by Crippen LogP contribution is -2.31. The molecule has 144 valence electrons. The van der Waals surface area contributed by atoms with Gasteiger partial charge in [0.1, 0.15) is 0 Å². The molecule has 2 aromatic carbocycles. The van der Waals surface area contributed by atoms with Crippen LogP contribution in [0.15, 0.2) is 42.5 Å². The number of hydrogen-bond donors (Lipinski definition) is 5. The predicted octanol–water partition coefficient (Wildman–Crippen LogP) is 1.43. The topological polar surface area (TPSA) is 142 Å². The Bertz CT molecular complexity index is 957. The first-order valence-corrected chi connectivity index (χ1v) is 8.58. The van der Waals surface area contributed by atoms with E-state index in [1.54, 1.807) is 42.5 Å². The zero-order valence-electron chi connectivity index (χ0n) is 14.9. The average Bonchev–Trinajstić information content (AvgIpc) is 3.01. The number of rotatable bonds is 6. The fourth-order valence-corrected chi connectivity index (χ4v) is 2.81. The molecule has 9 heteroatoms. The number of nitrogens with two attached hydrogens (primary N) is 1. The fourth-order valence-electron chi connectivity index (χ4n) is 2.81. The van der Waals surface area contributed by atoms with Crippen molar-refractivity contribution in [2.75, 3.05) is 22.5 Å². The van der Waals surface area contributed by atoms with Gasteiger partial charge in [0.05, 0.1) is 6.42 Å². The van der Waals surface area contributed by atoms with Gasteiger partial charge < -0.3 is 27.0 Å². The van der Waals surface area contributed by atoms with Gasteiger partial charge in [0.25, 0.3) is 5.91 Å². The van der Waals surface area contributed by atoms with Crippen LogP contribution in [0.25, 0.3) is 0 Å². The van der Waals surface area contributed by atoms with Gasteiger partial charge in [-0.05, 0) is 35.9 Å². The van der Waals surface area contributed by atoms with E-state index in [1.165, 1.54) is 0 Å². The Hall–Kier alpha value is -3.88. The monoisotopic (exact) mass is 381 g/mol. The normalized spacial score (nSPS) is 11.9. The lowest BCUT2D eigenvalue weighted by Gasteiger charge is -2.11. The number of hydrogen-bond acceptors (Lipinski definition) is 4. The summed E-state index contributed by atoms with van der Waals surface area (Å²) < 4.78 is 0. The number of carbonyl (C=O) groups is 4. The van der Waals surface area contributed by atoms with Gasteiger partial charge in [0.15, 0.2) is 0 Å². The van der Waals surface area contributed by atoms with Crippen LogP contribution in [0.4, 0.5) is 21.9 Å². The van der Waals surface area contributed by atoms with E-state index in [-0.39, 0.29) is 31.2 Å². The van der Waals surface area contributed by atoms with E-state index >= 15 is 0 Å². The van der Waals surface area contributed by atoms with Crippen molar-refractivity contribution in [2.45, 2.75) is 12.8 Å². The van der Waals surface area contributed by atoms with Crippen LogP contribution in [0.1, 0.15) is 22.3 Å². The molecule has 9 nitrogen and oxygen atoms in total. The van der Waals surface area contributed by atoms with Crippen molar-refractivity contribution in [2.24, 2.45) is 5.73 Å². The second-order valence-corrected chi connectivity index (χ2v) is 6.19. The molecule has 0 radical (unpaired) electrons. The van der Waals surface area contributed by atoms with Crippen LogP contribution in [0.5, 0.6) is 0 Å². The molecular weight excluding hydrogens is 362 g/mol. The second kappa shape index (κ2) is 8.21. The largest absolute Gasteiger partial charge is 0.370 e. The molecule has 0 bridgehead atoms. The van der Waals surface area contributed by atoms with Crippen molar-refractivity contribution >= 4 is 40.8 Å². The summed E-state index contributed by atoms with van der Waals surface area (Å²) >= 11 is 0. The highest BCUT2D eigenvalue weighted by Gasteiger charge is 2.23. The van der Waals surface area contributed by atoms with E-state index in [1.807, 2.05) is 0 Å². The van der Waals surface area contributed by atoms with E-state index in [9.17, 15) is 19.2 Å². The Balaban J connectivity index is 1.64. The molecule has 1 heterocycles. The first-order valence-electron chi connectivity index (χ1n) is 8.58. The van der Waals surface area contributed by atoms with Crippen molar-refractivity contribution in [3.63, 3.8) is 0 Å². The summed E-state index contributed by atoms with van der Waals surface area (Å²) in [5, 5.41) is 10.6. The van der Waals surface area contributed by atoms with E-state index in [0.29, 0.717) is 28.2 Å². The number of fused-ring (bicyclic) bond motifs is 1. The van der Waals surface area contributed by atoms with Crippen molar-refractivity contribution in [1.29, 1.82) is 0 Å². The van der Waals surface area contributed by atoms with Crippen molar-refractivity contribution in [3.05, 3.63) is 53.6 Å². The van der Waals surface area contributed by atoms with Crippen LogP contribution >= 0.6 is 0 Å². The van der Waals surface area contributed by atoms with Gasteiger partial charge in [-0.1, -0.05) is 12.1 Å². The third-order valence-corrected chi connectivity index (χ3v) is 4.07. The van der Waals surface area contributed by atoms with Crippen LogP contribution in [-0.2, 0) is 16.0 Å². The predicted molar refractivity (Wildman–Crippen MR) is 104 cm³/mol. The summed E-state index contributed by atoms with van der Waals surface area (Å²) in [6.45, 7) is 0.128. The Kier molecular flexibility index (Phi) is 5.54. The third-order valence-electron chi connectivity index (χ3n) is 4.07. The summed E-state index contributed by atoms with van der Waals surface area (Å²) in [5.74, 6) is -1.01. The molecule has 0 spiro atoms. The third kappa shape index (κ3) is 4.64. The Labute approximate surface area is 160 Å². The molecule has 0 saturated carbocycles. The molecule has 0 aliphatic carbocycles. The fraction of sp³-hybridized carbons (Fsp3) is 0.158. The SMILES string of the molecule is NC(=O)CCNC(=O)Nc1cccc(NC(=O)c2cccc3c2CC(=O)N3)c1. The zero-order valence-corrected chi connectivity index (χ0v) is 14.9. The Morgan fingerprint density at radius 2 is 1.75 bits per heavy atom. The van der Waals surface area contributed by atoms with Crippen LogP contribution in [-0.4, -0.2) is 30.3 Å². The van der Waals surface area contributed by atoms with Crippen LogP contribution in [0.3, 0.4) is 0 Å². The van der Waals surface area contributed by atoms with E-state index in [2.05, 4.69) is 21.3 Å². The van der Waals surface area contributed by atoms with Crippen molar-refractivity contribution in [3.8, 4) is 0 Å². The average molecular weight is 381 g/mol. The number of benzene rings is 2. The first kappa shape index (κ1) is 18.9. The molecule has 1 aliphatic rings. The van der Waals surface area contributed by atoms with Gasteiger partial charge >= 0.3 is 6.03 Å². The quantitative estimate of drug-likeness (QED) is 0.516. The van der Waals surface area contributed by atoms with Gasteiger partial charge in [-0.2, -0.15) is 0 Å². The molecular formula is C19H19N5O4. The number of primary amides is 1. The minimum atomic E-state index is -0.505. The maximum Gasteiger partial charge on any atom is 0.319 e. The van der Waals surface area contributed by atoms with Gasteiger partial charge in [-0.3, -0.25) is 14.4 Å². The number of urea groups is 1. The zero-order chi connectivity index (χ0) is 20.1. The molecule has 0 fully saturated rings. The van der Waals surface area contributed by atoms with Crippen molar-refractivity contribution < 1.29 is 19.2 Å². The van der Waals surface area contributed by atoms with Crippen molar-refractivity contribution in [1.82, 2.24) is 5.32 Å². The van der Waals surface area contributed by atoms with E-state index in [4.69, 9.17) is 5.73 Å². The summed E-state index contributed by atoms with van der Waals surface area (Å²) in [7, 11) is 0. The molecule has 5 amide bonds. The smallest absolute Gasteiger partial charge is 0.319 e. The molecule has 0 saturated heterocycles. The summed E-state index contributed by atoms with van der Waals surface area (Å²) in [6, 6.07) is 11.2. The lowest BCUT2D eigenvalue weighted by molar-refractivity contribution is -0.118. The number of anilines is 3. The standard InChI is InChI=1S/C19H19N5O4/c20-16(25)7-8-21-19(28)23-12-4-1-3-11(9-12)22-18(27)13-5-2-6-15-14(13)10-17(26)24-15/h1-6,9H,7-8,10H2,(H2,20,25)(H,22,27)(H,24,26)(H2,21,23,28). The highest BCUT2D eigenvalue weighted by atomic mass is 16.2. The highest BCUT2D eigenvalue weighted by Crippen LogP contribution is 2.27. The van der Waals surface area contributed by atoms with Gasteiger partial charge in [0, 0.05) is 35.6 Å². The summed E-state index contributed by atoms with van der Waals surface area (Å²) in [5.41, 5.74) is 7.67. The maximum absolute atomic E-state index is 12.6. The number of amides is 5. The van der Waals surface area contributed by atoms with Gasteiger partial charge in [-0.25, -0.2) is 4.79 Å². The van der Waals surface area contributed by atoms with Gasteiger partial charge in [-0.15, -0.1) is 0 Å². The molecule has 28 heavy (non-hydrogen) atoms. The Morgan fingerprint density at radius 3 is 2.50 bits per heavy atom. The highest BCUT2D eigenvalue weighted by molar-refractivity contribution is 6.10. The molecule has 6 N–H and O–H groups in total. The number of carbonyl (C=O) groups excluding carboxylic acids is 4. The minimum Gasteiger partial charge on any atom is -0.370 e. The minimum absolute atomic E-state index is 0.0439. The second-order valence-electron chi connectivity index (χ2n) is 6.19. The van der Waals surface area contributed by atoms with Crippen LogP contribution in [0.2, 0.25) is 0 Å².